The van der Waals surface area contributed by atoms with Gasteiger partial charge in [0.15, 0.2) is 16.7 Å². The van der Waals surface area contributed by atoms with Crippen molar-refractivity contribution in [1.82, 2.24) is 4.98 Å². The zero-order valence-electron chi connectivity index (χ0n) is 18.1. The molecule has 7 nitrogen and oxygen atoms in total. The van der Waals surface area contributed by atoms with Gasteiger partial charge in [0.1, 0.15) is 11.5 Å². The van der Waals surface area contributed by atoms with Crippen LogP contribution in [0.1, 0.15) is 44.4 Å². The Morgan fingerprint density at radius 2 is 1.85 bits per heavy atom. The lowest BCUT2D eigenvalue weighted by atomic mass is 9.88. The maximum atomic E-state index is 13.6. The Labute approximate surface area is 203 Å². The topological polar surface area (TPSA) is 97.6 Å². The number of amides is 1. The van der Waals surface area contributed by atoms with Gasteiger partial charge in [0.25, 0.3) is 5.91 Å². The summed E-state index contributed by atoms with van der Waals surface area (Å²) in [7, 11) is 0. The predicted molar refractivity (Wildman–Crippen MR) is 128 cm³/mol. The average molecular weight is 493 g/mol. The second kappa shape index (κ2) is 8.30. The minimum absolute atomic E-state index is 0.0130. The Morgan fingerprint density at radius 1 is 1.09 bits per heavy atom. The molecule has 1 aliphatic heterocycles. The van der Waals surface area contributed by atoms with Crippen molar-refractivity contribution in [2.24, 2.45) is 5.92 Å². The SMILES string of the molecule is CC(=O)c1sc(N2C(=O)C(=O)C(C(=O)c3cc4ccccc4o3)C2c2cccc(Cl)c2)nc1C. The van der Waals surface area contributed by atoms with Crippen LogP contribution in [-0.2, 0) is 9.59 Å². The number of anilines is 1. The average Bonchev–Trinajstić information content (AvgIpc) is 3.47. The van der Waals surface area contributed by atoms with E-state index in [1.807, 2.05) is 6.07 Å². The molecule has 2 aromatic heterocycles. The van der Waals surface area contributed by atoms with Gasteiger partial charge in [0, 0.05) is 17.3 Å². The minimum Gasteiger partial charge on any atom is -0.453 e. The van der Waals surface area contributed by atoms with Crippen molar-refractivity contribution >= 4 is 62.3 Å². The highest BCUT2D eigenvalue weighted by atomic mass is 35.5. The van der Waals surface area contributed by atoms with Crippen LogP contribution in [0.4, 0.5) is 5.13 Å². The normalized spacial score (nSPS) is 18.1. The number of halogens is 1. The van der Waals surface area contributed by atoms with Gasteiger partial charge >= 0.3 is 0 Å². The molecule has 0 saturated carbocycles. The molecule has 1 amide bonds. The molecule has 34 heavy (non-hydrogen) atoms. The van der Waals surface area contributed by atoms with Crippen LogP contribution in [0.15, 0.2) is 59.0 Å². The summed E-state index contributed by atoms with van der Waals surface area (Å²) in [5, 5.41) is 1.27. The zero-order valence-corrected chi connectivity index (χ0v) is 19.6. The first-order valence-electron chi connectivity index (χ1n) is 10.4. The van der Waals surface area contributed by atoms with Crippen LogP contribution in [0.25, 0.3) is 11.0 Å². The molecule has 5 rings (SSSR count). The minimum atomic E-state index is -1.36. The van der Waals surface area contributed by atoms with E-state index < -0.39 is 29.4 Å². The standard InChI is InChI=1S/C25H17ClN2O5S/c1-12-23(13(2)29)34-25(27-12)28-20(15-7-5-8-16(26)10-15)19(22(31)24(28)32)21(30)18-11-14-6-3-4-9-17(14)33-18/h3-11,19-20H,1-2H3. The molecule has 9 heteroatoms. The number of aryl methyl sites for hydroxylation is 1. The van der Waals surface area contributed by atoms with Gasteiger partial charge in [-0.05, 0) is 36.8 Å². The highest BCUT2D eigenvalue weighted by Gasteiger charge is 2.54. The lowest BCUT2D eigenvalue weighted by molar-refractivity contribution is -0.135. The Kier molecular flexibility index (Phi) is 5.42. The number of thiazole rings is 1. The van der Waals surface area contributed by atoms with E-state index in [0.717, 1.165) is 11.3 Å². The second-order valence-corrected chi connectivity index (χ2v) is 9.41. The molecule has 3 heterocycles. The van der Waals surface area contributed by atoms with Gasteiger partial charge in [-0.1, -0.05) is 53.3 Å². The molecule has 0 radical (unpaired) electrons. The number of furan rings is 1. The van der Waals surface area contributed by atoms with Crippen LogP contribution in [0.3, 0.4) is 0 Å². The predicted octanol–water partition coefficient (Wildman–Crippen LogP) is 5.21. The molecule has 4 aromatic rings. The number of carbonyl (C=O) groups excluding carboxylic acids is 4. The van der Waals surface area contributed by atoms with Crippen molar-refractivity contribution in [3.63, 3.8) is 0 Å². The smallest absolute Gasteiger partial charge is 0.297 e. The molecule has 1 aliphatic rings. The number of benzene rings is 2. The number of aromatic nitrogens is 1. The van der Waals surface area contributed by atoms with Crippen LogP contribution in [0, 0.1) is 12.8 Å². The first kappa shape index (κ1) is 22.2. The summed E-state index contributed by atoms with van der Waals surface area (Å²) < 4.78 is 5.71. The van der Waals surface area contributed by atoms with E-state index in [-0.39, 0.29) is 16.7 Å². The number of carbonyl (C=O) groups is 4. The van der Waals surface area contributed by atoms with Crippen LogP contribution >= 0.6 is 22.9 Å². The van der Waals surface area contributed by atoms with Crippen LogP contribution in [0.5, 0.6) is 0 Å². The fraction of sp³-hybridized carbons (Fsp3) is 0.160. The fourth-order valence-electron chi connectivity index (χ4n) is 4.24. The Bertz CT molecular complexity index is 1470. The number of para-hydroxylation sites is 1. The molecule has 0 bridgehead atoms. The Hall–Kier alpha value is -3.62. The molecule has 170 valence electrons. The molecule has 0 aliphatic carbocycles. The molecular formula is C25H17ClN2O5S. The third-order valence-corrected chi connectivity index (χ3v) is 7.25. The number of rotatable bonds is 5. The number of ketones is 3. The highest BCUT2D eigenvalue weighted by Crippen LogP contribution is 2.44. The number of hydrogen-bond acceptors (Lipinski definition) is 7. The summed E-state index contributed by atoms with van der Waals surface area (Å²) >= 11 is 7.22. The number of Topliss-reactive ketones (excluding diaryl/α,β-unsaturated/α-hetero) is 3. The van der Waals surface area contributed by atoms with Gasteiger partial charge in [0.2, 0.25) is 11.6 Å². The molecule has 1 saturated heterocycles. The monoisotopic (exact) mass is 492 g/mol. The molecule has 0 spiro atoms. The first-order valence-corrected chi connectivity index (χ1v) is 11.6. The van der Waals surface area contributed by atoms with E-state index in [0.29, 0.717) is 32.1 Å². The third kappa shape index (κ3) is 3.55. The van der Waals surface area contributed by atoms with E-state index in [1.54, 1.807) is 55.5 Å². The summed E-state index contributed by atoms with van der Waals surface area (Å²) in [4.78, 5) is 58.0. The summed E-state index contributed by atoms with van der Waals surface area (Å²) in [5.41, 5.74) is 1.45. The molecule has 2 aromatic carbocycles. The van der Waals surface area contributed by atoms with Gasteiger partial charge in [-0.3, -0.25) is 24.1 Å². The van der Waals surface area contributed by atoms with Gasteiger partial charge in [-0.2, -0.15) is 0 Å². The van der Waals surface area contributed by atoms with E-state index in [1.165, 1.54) is 11.8 Å². The zero-order chi connectivity index (χ0) is 24.1. The Balaban J connectivity index is 1.66. The number of hydrogen-bond donors (Lipinski definition) is 0. The summed E-state index contributed by atoms with van der Waals surface area (Å²) in [6.07, 6.45) is 0. The largest absolute Gasteiger partial charge is 0.453 e. The lowest BCUT2D eigenvalue weighted by Crippen LogP contribution is -2.30. The van der Waals surface area contributed by atoms with Crippen LogP contribution < -0.4 is 4.90 Å². The molecule has 2 unspecified atom stereocenters. The number of nitrogens with zero attached hydrogens (tertiary/aromatic N) is 2. The maximum Gasteiger partial charge on any atom is 0.297 e. The molecule has 2 atom stereocenters. The van der Waals surface area contributed by atoms with Gasteiger partial charge in [0.05, 0.1) is 16.6 Å². The quantitative estimate of drug-likeness (QED) is 0.215. The Morgan fingerprint density at radius 3 is 2.53 bits per heavy atom. The second-order valence-electron chi connectivity index (χ2n) is 8.00. The van der Waals surface area contributed by atoms with Crippen molar-refractivity contribution in [3.05, 3.63) is 81.5 Å². The first-order chi connectivity index (χ1) is 16.3. The van der Waals surface area contributed by atoms with E-state index in [4.69, 9.17) is 16.0 Å². The van der Waals surface area contributed by atoms with Gasteiger partial charge in [-0.15, -0.1) is 0 Å². The molecule has 0 N–H and O–H groups in total. The summed E-state index contributed by atoms with van der Waals surface area (Å²) in [6, 6.07) is 14.3. The van der Waals surface area contributed by atoms with Crippen molar-refractivity contribution in [2.75, 3.05) is 4.90 Å². The summed E-state index contributed by atoms with van der Waals surface area (Å²) in [6.45, 7) is 3.06. The van der Waals surface area contributed by atoms with E-state index >= 15 is 0 Å². The van der Waals surface area contributed by atoms with Crippen LogP contribution in [-0.4, -0.2) is 28.2 Å². The maximum absolute atomic E-state index is 13.6. The van der Waals surface area contributed by atoms with Crippen molar-refractivity contribution in [3.8, 4) is 0 Å². The molecule has 1 fully saturated rings. The molecular weight excluding hydrogens is 476 g/mol. The highest BCUT2D eigenvalue weighted by molar-refractivity contribution is 7.18. The lowest BCUT2D eigenvalue weighted by Gasteiger charge is -2.24. The van der Waals surface area contributed by atoms with Gasteiger partial charge < -0.3 is 4.42 Å². The van der Waals surface area contributed by atoms with Crippen LogP contribution in [0.2, 0.25) is 5.02 Å². The van der Waals surface area contributed by atoms with Crippen molar-refractivity contribution < 1.29 is 23.6 Å². The fourth-order valence-corrected chi connectivity index (χ4v) is 5.44. The number of fused-ring (bicyclic) bond motifs is 1. The van der Waals surface area contributed by atoms with E-state index in [2.05, 4.69) is 4.98 Å². The van der Waals surface area contributed by atoms with E-state index in [9.17, 15) is 19.2 Å². The van der Waals surface area contributed by atoms with Crippen molar-refractivity contribution in [1.29, 1.82) is 0 Å². The summed E-state index contributed by atoms with van der Waals surface area (Å²) in [5.74, 6) is -3.93. The van der Waals surface area contributed by atoms with Gasteiger partial charge in [-0.25, -0.2) is 4.98 Å². The third-order valence-electron chi connectivity index (χ3n) is 5.76. The van der Waals surface area contributed by atoms with Crippen molar-refractivity contribution in [2.45, 2.75) is 19.9 Å².